The third-order valence-electron chi connectivity index (χ3n) is 9.69. The van der Waals surface area contributed by atoms with E-state index in [1.54, 1.807) is 14.2 Å². The number of aliphatic hydroxyl groups is 1. The van der Waals surface area contributed by atoms with Gasteiger partial charge in [-0.25, -0.2) is 0 Å². The molecule has 51 heavy (non-hydrogen) atoms. The molecule has 1 aliphatic rings. The summed E-state index contributed by atoms with van der Waals surface area (Å²) in [5.74, 6) is 0.829. The lowest BCUT2D eigenvalue weighted by molar-refractivity contribution is -0.141. The van der Waals surface area contributed by atoms with Crippen LogP contribution < -0.4 is 26.4 Å². The number of aliphatic hydroxyl groups excluding tert-OH is 1. The standard InChI is InChI=1S/C39H67N5O6.ClH/c1-27(2)20-22-42-36(46)15-11-8-12-21-41-37(47)26-35(45)33(25-29-13-9-7-10-14-29)43-38(48)34(23-28(3)4)44(5)39(49)32(40)24-30-16-18-31(50-6)19-17-30;/h16-19,27-29,32-35,45H,7-15,20-26,40H2,1-6H3,(H,41,47)(H,42,46)(H,43,48);1H/t32-,33-,34-,35-;/m0./s1. The van der Waals surface area contributed by atoms with E-state index in [-0.39, 0.29) is 48.4 Å². The van der Waals surface area contributed by atoms with Crippen LogP contribution in [0.2, 0.25) is 0 Å². The normalized spacial score (nSPS) is 15.6. The molecule has 0 bridgehead atoms. The summed E-state index contributed by atoms with van der Waals surface area (Å²) in [5.41, 5.74) is 7.26. The lowest BCUT2D eigenvalue weighted by atomic mass is 9.83. The minimum absolute atomic E-state index is 0. The number of benzene rings is 1. The second-order valence-corrected chi connectivity index (χ2v) is 15.1. The van der Waals surface area contributed by atoms with Crippen LogP contribution in [0.5, 0.6) is 5.75 Å². The Labute approximate surface area is 313 Å². The van der Waals surface area contributed by atoms with Gasteiger partial charge in [-0.1, -0.05) is 78.4 Å². The predicted octanol–water partition coefficient (Wildman–Crippen LogP) is 4.91. The summed E-state index contributed by atoms with van der Waals surface area (Å²) >= 11 is 0. The molecule has 4 amide bonds. The number of likely N-dealkylation sites (N-methyl/N-ethyl adjacent to an activating group) is 1. The van der Waals surface area contributed by atoms with Gasteiger partial charge in [0.25, 0.3) is 0 Å². The average molecular weight is 738 g/mol. The van der Waals surface area contributed by atoms with Crippen molar-refractivity contribution in [1.82, 2.24) is 20.9 Å². The van der Waals surface area contributed by atoms with Crippen molar-refractivity contribution in [3.05, 3.63) is 29.8 Å². The maximum Gasteiger partial charge on any atom is 0.243 e. The molecule has 1 fully saturated rings. The Hall–Kier alpha value is -2.89. The summed E-state index contributed by atoms with van der Waals surface area (Å²) < 4.78 is 5.22. The molecule has 1 aromatic rings. The number of nitrogens with one attached hydrogen (secondary N) is 3. The van der Waals surface area contributed by atoms with Crippen LogP contribution in [0.4, 0.5) is 0 Å². The number of ether oxygens (including phenoxy) is 1. The van der Waals surface area contributed by atoms with E-state index in [4.69, 9.17) is 10.5 Å². The van der Waals surface area contributed by atoms with Crippen LogP contribution >= 0.6 is 12.4 Å². The van der Waals surface area contributed by atoms with Crippen LogP contribution in [0, 0.1) is 17.8 Å². The van der Waals surface area contributed by atoms with Crippen molar-refractivity contribution in [1.29, 1.82) is 0 Å². The fourth-order valence-electron chi connectivity index (χ4n) is 6.59. The highest BCUT2D eigenvalue weighted by Crippen LogP contribution is 2.29. The van der Waals surface area contributed by atoms with Gasteiger partial charge in [0.05, 0.1) is 31.7 Å². The fourth-order valence-corrected chi connectivity index (χ4v) is 6.59. The van der Waals surface area contributed by atoms with Crippen molar-refractivity contribution in [3.63, 3.8) is 0 Å². The summed E-state index contributed by atoms with van der Waals surface area (Å²) in [7, 11) is 3.21. The molecule has 0 heterocycles. The smallest absolute Gasteiger partial charge is 0.243 e. The summed E-state index contributed by atoms with van der Waals surface area (Å²) in [6.07, 6.45) is 9.30. The van der Waals surface area contributed by atoms with Crippen molar-refractivity contribution in [3.8, 4) is 5.75 Å². The first-order chi connectivity index (χ1) is 23.8. The molecule has 0 aromatic heterocycles. The SMILES string of the molecule is COc1ccc(C[C@H](N)C(=O)N(C)[C@@H](CC(C)C)C(=O)N[C@@H](CC2CCCCC2)[C@@H](O)CC(=O)NCCCCCC(=O)NCCC(C)C)cc1.Cl. The largest absolute Gasteiger partial charge is 0.497 e. The fraction of sp³-hybridized carbons (Fsp3) is 0.744. The molecule has 2 rings (SSSR count). The van der Waals surface area contributed by atoms with Crippen molar-refractivity contribution < 1.29 is 29.0 Å². The third-order valence-corrected chi connectivity index (χ3v) is 9.69. The Balaban J connectivity index is 0.0000130. The molecule has 1 aliphatic carbocycles. The van der Waals surface area contributed by atoms with Gasteiger partial charge in [-0.3, -0.25) is 19.2 Å². The molecule has 1 aromatic carbocycles. The van der Waals surface area contributed by atoms with Crippen molar-refractivity contribution in [2.24, 2.45) is 23.5 Å². The molecule has 0 unspecified atom stereocenters. The van der Waals surface area contributed by atoms with Gasteiger partial charge in [0, 0.05) is 26.6 Å². The maximum atomic E-state index is 13.9. The zero-order chi connectivity index (χ0) is 37.1. The van der Waals surface area contributed by atoms with Crippen LogP contribution in [-0.2, 0) is 25.6 Å². The number of hydrogen-bond donors (Lipinski definition) is 5. The van der Waals surface area contributed by atoms with E-state index in [0.717, 1.165) is 56.9 Å². The minimum atomic E-state index is -1.08. The van der Waals surface area contributed by atoms with E-state index < -0.39 is 24.2 Å². The van der Waals surface area contributed by atoms with Crippen LogP contribution in [0.1, 0.15) is 117 Å². The quantitative estimate of drug-likeness (QED) is 0.0998. The Morgan fingerprint density at radius 2 is 1.57 bits per heavy atom. The van der Waals surface area contributed by atoms with Crippen LogP contribution in [0.3, 0.4) is 0 Å². The van der Waals surface area contributed by atoms with Crippen LogP contribution in [-0.4, -0.2) is 85.1 Å². The van der Waals surface area contributed by atoms with Gasteiger partial charge in [-0.05, 0) is 74.0 Å². The molecule has 0 radical (unpaired) electrons. The van der Waals surface area contributed by atoms with E-state index in [9.17, 15) is 24.3 Å². The monoisotopic (exact) mass is 737 g/mol. The number of amides is 4. The van der Waals surface area contributed by atoms with Crippen molar-refractivity contribution in [2.45, 2.75) is 142 Å². The number of rotatable bonds is 23. The van der Waals surface area contributed by atoms with E-state index in [1.807, 2.05) is 38.1 Å². The molecule has 1 saturated carbocycles. The number of carbonyl (C=O) groups is 4. The highest BCUT2D eigenvalue weighted by atomic mass is 35.5. The lowest BCUT2D eigenvalue weighted by Gasteiger charge is -2.34. The van der Waals surface area contributed by atoms with Gasteiger partial charge in [-0.2, -0.15) is 0 Å². The molecule has 4 atom stereocenters. The second-order valence-electron chi connectivity index (χ2n) is 15.1. The number of methoxy groups -OCH3 is 1. The Morgan fingerprint density at radius 1 is 0.922 bits per heavy atom. The van der Waals surface area contributed by atoms with Gasteiger partial charge in [-0.15, -0.1) is 12.4 Å². The first-order valence-corrected chi connectivity index (χ1v) is 19.0. The minimum Gasteiger partial charge on any atom is -0.497 e. The van der Waals surface area contributed by atoms with Gasteiger partial charge in [0.15, 0.2) is 0 Å². The Bertz CT molecular complexity index is 1160. The summed E-state index contributed by atoms with van der Waals surface area (Å²) in [4.78, 5) is 53.7. The second kappa shape index (κ2) is 25.1. The Kier molecular flexibility index (Phi) is 22.7. The number of unbranched alkanes of at least 4 members (excludes halogenated alkanes) is 2. The average Bonchev–Trinajstić information content (AvgIpc) is 3.08. The molecule has 0 aliphatic heterocycles. The van der Waals surface area contributed by atoms with Gasteiger partial charge in [0.2, 0.25) is 23.6 Å². The van der Waals surface area contributed by atoms with Crippen LogP contribution in [0.25, 0.3) is 0 Å². The molecule has 11 nitrogen and oxygen atoms in total. The highest BCUT2D eigenvalue weighted by Gasteiger charge is 2.34. The first-order valence-electron chi connectivity index (χ1n) is 19.0. The van der Waals surface area contributed by atoms with Crippen molar-refractivity contribution in [2.75, 3.05) is 27.2 Å². The van der Waals surface area contributed by atoms with E-state index in [2.05, 4.69) is 29.8 Å². The lowest BCUT2D eigenvalue weighted by Crippen LogP contribution is -2.56. The third kappa shape index (κ3) is 18.4. The molecule has 0 saturated heterocycles. The number of nitrogens with zero attached hydrogens (tertiary/aromatic N) is 1. The number of halogens is 1. The number of hydrogen-bond acceptors (Lipinski definition) is 7. The predicted molar refractivity (Wildman–Crippen MR) is 206 cm³/mol. The van der Waals surface area contributed by atoms with Gasteiger partial charge >= 0.3 is 0 Å². The molecular formula is C39H68ClN5O6. The maximum absolute atomic E-state index is 13.9. The molecule has 292 valence electrons. The van der Waals surface area contributed by atoms with E-state index in [1.165, 1.54) is 11.3 Å². The highest BCUT2D eigenvalue weighted by molar-refractivity contribution is 5.90. The molecule has 12 heteroatoms. The zero-order valence-electron chi connectivity index (χ0n) is 32.1. The van der Waals surface area contributed by atoms with Crippen LogP contribution in [0.15, 0.2) is 24.3 Å². The zero-order valence-corrected chi connectivity index (χ0v) is 32.9. The van der Waals surface area contributed by atoms with E-state index >= 15 is 0 Å². The first kappa shape index (κ1) is 46.1. The number of carbonyl (C=O) groups excluding carboxylic acids is 4. The summed E-state index contributed by atoms with van der Waals surface area (Å²) in [5, 5.41) is 20.3. The van der Waals surface area contributed by atoms with E-state index in [0.29, 0.717) is 56.4 Å². The van der Waals surface area contributed by atoms with Gasteiger partial charge in [0.1, 0.15) is 11.8 Å². The van der Waals surface area contributed by atoms with Gasteiger partial charge < -0.3 is 36.4 Å². The summed E-state index contributed by atoms with van der Waals surface area (Å²) in [6.45, 7) is 9.41. The molecule has 6 N–H and O–H groups in total. The Morgan fingerprint density at radius 3 is 2.18 bits per heavy atom. The number of nitrogens with two attached hydrogens (primary N) is 1. The summed E-state index contributed by atoms with van der Waals surface area (Å²) in [6, 6.07) is 5.13. The van der Waals surface area contributed by atoms with Crippen molar-refractivity contribution >= 4 is 36.0 Å². The molecule has 0 spiro atoms. The topological polar surface area (TPSA) is 163 Å². The molecular weight excluding hydrogens is 670 g/mol.